The molecule has 1 fully saturated rings. The maximum atomic E-state index is 12.3. The number of carbonyl (C=O) groups is 1. The Kier molecular flexibility index (Phi) is 6.60. The van der Waals surface area contributed by atoms with E-state index in [1.54, 1.807) is 12.1 Å². The number of amides is 1. The molecule has 1 atom stereocenters. The van der Waals surface area contributed by atoms with Gasteiger partial charge < -0.3 is 15.2 Å². The molecular weight excluding hydrogens is 351 g/mol. The van der Waals surface area contributed by atoms with E-state index in [4.69, 9.17) is 16.1 Å². The zero-order chi connectivity index (χ0) is 16.2. The van der Waals surface area contributed by atoms with Gasteiger partial charge in [-0.05, 0) is 57.1 Å². The molecule has 0 radical (unpaired) electrons. The second-order valence-corrected chi connectivity index (χ2v) is 6.16. The third-order valence-corrected chi connectivity index (χ3v) is 4.24. The molecule has 3 rings (SSSR count). The summed E-state index contributed by atoms with van der Waals surface area (Å²) >= 11 is 5.87. The van der Waals surface area contributed by atoms with Crippen LogP contribution in [0.15, 0.2) is 28.8 Å². The zero-order valence-corrected chi connectivity index (χ0v) is 14.9. The average molecular weight is 371 g/mol. The van der Waals surface area contributed by atoms with Gasteiger partial charge >= 0.3 is 0 Å². The lowest BCUT2D eigenvalue weighted by Gasteiger charge is -2.23. The maximum Gasteiger partial charge on any atom is 0.257 e. The molecule has 1 aromatic heterocycles. The molecule has 1 unspecified atom stereocenters. The Morgan fingerprint density at radius 2 is 2.00 bits per heavy atom. The van der Waals surface area contributed by atoms with Crippen LogP contribution in [0.25, 0.3) is 11.5 Å². The van der Waals surface area contributed by atoms with Crippen LogP contribution in [0.4, 0.5) is 0 Å². The van der Waals surface area contributed by atoms with E-state index in [1.807, 2.05) is 19.1 Å². The summed E-state index contributed by atoms with van der Waals surface area (Å²) in [4.78, 5) is 16.6. The quantitative estimate of drug-likeness (QED) is 0.864. The molecule has 6 nitrogen and oxygen atoms in total. The number of carbonyl (C=O) groups excluding carboxylic acids is 1. The summed E-state index contributed by atoms with van der Waals surface area (Å²) in [6, 6.07) is 6.88. The Hall–Kier alpha value is -1.63. The summed E-state index contributed by atoms with van der Waals surface area (Å²) in [7, 11) is 0. The Morgan fingerprint density at radius 3 is 2.67 bits per heavy atom. The van der Waals surface area contributed by atoms with Gasteiger partial charge in [0.05, 0.1) is 6.04 Å². The van der Waals surface area contributed by atoms with Gasteiger partial charge in [0.2, 0.25) is 5.91 Å². The first-order valence-corrected chi connectivity index (χ1v) is 8.12. The Morgan fingerprint density at radius 1 is 1.33 bits per heavy atom. The molecule has 24 heavy (non-hydrogen) atoms. The maximum absolute atomic E-state index is 12.3. The van der Waals surface area contributed by atoms with Crippen LogP contribution in [0.5, 0.6) is 0 Å². The summed E-state index contributed by atoms with van der Waals surface area (Å²) < 4.78 is 5.27. The van der Waals surface area contributed by atoms with Gasteiger partial charge in [-0.2, -0.15) is 4.98 Å². The number of aromatic nitrogens is 2. The molecule has 1 saturated heterocycles. The monoisotopic (exact) mass is 370 g/mol. The lowest BCUT2D eigenvalue weighted by molar-refractivity contribution is -0.126. The van der Waals surface area contributed by atoms with Gasteiger partial charge in [0.25, 0.3) is 5.89 Å². The predicted molar refractivity (Wildman–Crippen MR) is 94.1 cm³/mol. The molecule has 1 aliphatic rings. The Balaban J connectivity index is 0.00000208. The third kappa shape index (κ3) is 4.47. The van der Waals surface area contributed by atoms with E-state index in [2.05, 4.69) is 20.8 Å². The van der Waals surface area contributed by atoms with Crippen LogP contribution < -0.4 is 10.6 Å². The van der Waals surface area contributed by atoms with Gasteiger partial charge in [-0.1, -0.05) is 16.8 Å². The van der Waals surface area contributed by atoms with E-state index >= 15 is 0 Å². The molecule has 8 heteroatoms. The molecule has 0 aliphatic carbocycles. The number of piperidine rings is 1. The number of hydrogen-bond donors (Lipinski definition) is 2. The van der Waals surface area contributed by atoms with Gasteiger partial charge in [0.1, 0.15) is 0 Å². The first kappa shape index (κ1) is 18.7. The minimum atomic E-state index is -0.290. The molecule has 0 bridgehead atoms. The Bertz CT molecular complexity index is 669. The number of nitrogens with zero attached hydrogens (tertiary/aromatic N) is 2. The average Bonchev–Trinajstić information content (AvgIpc) is 3.06. The van der Waals surface area contributed by atoms with Gasteiger partial charge in [0.15, 0.2) is 5.82 Å². The second kappa shape index (κ2) is 8.46. The number of rotatable bonds is 4. The van der Waals surface area contributed by atoms with E-state index in [-0.39, 0.29) is 30.3 Å². The number of hydrogen-bond acceptors (Lipinski definition) is 5. The highest BCUT2D eigenvalue weighted by atomic mass is 35.5. The molecule has 0 spiro atoms. The fourth-order valence-electron chi connectivity index (χ4n) is 2.60. The van der Waals surface area contributed by atoms with Crippen molar-refractivity contribution in [3.63, 3.8) is 0 Å². The predicted octanol–water partition coefficient (Wildman–Crippen LogP) is 2.99. The molecule has 1 aliphatic heterocycles. The van der Waals surface area contributed by atoms with E-state index in [0.717, 1.165) is 31.5 Å². The summed E-state index contributed by atoms with van der Waals surface area (Å²) in [5.74, 6) is 0.995. The van der Waals surface area contributed by atoms with Crippen molar-refractivity contribution in [3.05, 3.63) is 35.1 Å². The standard InChI is InChI=1S/C16H19ClN4O2.ClH/c1-10(19-15(22)11-6-8-18-9-7-11)14-20-16(23-21-14)12-2-4-13(17)5-3-12;/h2-5,10-11,18H,6-9H2,1H3,(H,19,22);1H. The summed E-state index contributed by atoms with van der Waals surface area (Å²) in [6.45, 7) is 3.63. The van der Waals surface area contributed by atoms with Crippen molar-refractivity contribution in [2.24, 2.45) is 5.92 Å². The van der Waals surface area contributed by atoms with Gasteiger partial charge in [-0.25, -0.2) is 0 Å². The van der Waals surface area contributed by atoms with Crippen LogP contribution in [-0.4, -0.2) is 29.1 Å². The van der Waals surface area contributed by atoms with Crippen LogP contribution in [0.1, 0.15) is 31.6 Å². The van der Waals surface area contributed by atoms with Crippen molar-refractivity contribution < 1.29 is 9.32 Å². The normalized spacial score (nSPS) is 16.2. The van der Waals surface area contributed by atoms with Crippen molar-refractivity contribution in [2.75, 3.05) is 13.1 Å². The third-order valence-electron chi connectivity index (χ3n) is 3.99. The minimum Gasteiger partial charge on any atom is -0.346 e. The molecular formula is C16H20Cl2N4O2. The molecule has 2 heterocycles. The number of nitrogens with one attached hydrogen (secondary N) is 2. The van der Waals surface area contributed by atoms with Crippen molar-refractivity contribution in [3.8, 4) is 11.5 Å². The lowest BCUT2D eigenvalue weighted by atomic mass is 9.97. The summed E-state index contributed by atoms with van der Waals surface area (Å²) in [5, 5.41) is 10.8. The smallest absolute Gasteiger partial charge is 0.257 e. The molecule has 2 aromatic rings. The van der Waals surface area contributed by atoms with Crippen LogP contribution in [-0.2, 0) is 4.79 Å². The van der Waals surface area contributed by atoms with Gasteiger partial charge in [0, 0.05) is 16.5 Å². The van der Waals surface area contributed by atoms with Crippen molar-refractivity contribution >= 4 is 29.9 Å². The molecule has 1 aromatic carbocycles. The molecule has 1 amide bonds. The van der Waals surface area contributed by atoms with Crippen LogP contribution in [0, 0.1) is 5.92 Å². The second-order valence-electron chi connectivity index (χ2n) is 5.72. The van der Waals surface area contributed by atoms with Crippen molar-refractivity contribution in [1.82, 2.24) is 20.8 Å². The Labute approximate surface area is 151 Å². The minimum absolute atomic E-state index is 0. The van der Waals surface area contributed by atoms with Crippen LogP contribution in [0.2, 0.25) is 5.02 Å². The number of benzene rings is 1. The first-order valence-electron chi connectivity index (χ1n) is 7.74. The highest BCUT2D eigenvalue weighted by molar-refractivity contribution is 6.30. The number of halogens is 2. The summed E-state index contributed by atoms with van der Waals surface area (Å²) in [5.41, 5.74) is 0.796. The SMILES string of the molecule is CC(NC(=O)C1CCNCC1)c1noc(-c2ccc(Cl)cc2)n1.Cl. The highest BCUT2D eigenvalue weighted by Crippen LogP contribution is 2.22. The van der Waals surface area contributed by atoms with E-state index in [1.165, 1.54) is 0 Å². The van der Waals surface area contributed by atoms with E-state index in [9.17, 15) is 4.79 Å². The van der Waals surface area contributed by atoms with Gasteiger partial charge in [-0.3, -0.25) is 4.79 Å². The van der Waals surface area contributed by atoms with Crippen molar-refractivity contribution in [2.45, 2.75) is 25.8 Å². The summed E-state index contributed by atoms with van der Waals surface area (Å²) in [6.07, 6.45) is 1.72. The first-order chi connectivity index (χ1) is 11.1. The molecule has 0 saturated carbocycles. The zero-order valence-electron chi connectivity index (χ0n) is 13.3. The van der Waals surface area contributed by atoms with Crippen LogP contribution in [0.3, 0.4) is 0 Å². The molecule has 130 valence electrons. The lowest BCUT2D eigenvalue weighted by Crippen LogP contribution is -2.39. The van der Waals surface area contributed by atoms with Crippen LogP contribution >= 0.6 is 24.0 Å². The van der Waals surface area contributed by atoms with E-state index in [0.29, 0.717) is 16.7 Å². The highest BCUT2D eigenvalue weighted by Gasteiger charge is 2.24. The van der Waals surface area contributed by atoms with E-state index < -0.39 is 0 Å². The largest absolute Gasteiger partial charge is 0.346 e. The van der Waals surface area contributed by atoms with Crippen molar-refractivity contribution in [1.29, 1.82) is 0 Å². The van der Waals surface area contributed by atoms with Gasteiger partial charge in [-0.15, -0.1) is 12.4 Å². The topological polar surface area (TPSA) is 80.0 Å². The fraction of sp³-hybridized carbons (Fsp3) is 0.438. The fourth-order valence-corrected chi connectivity index (χ4v) is 2.73. The molecule has 2 N–H and O–H groups in total.